The maximum atomic E-state index is 5.26. The molecule has 1 aromatic heterocycles. The molecule has 2 rings (SSSR count). The number of aryl methyl sites for hydroxylation is 1. The van der Waals surface area contributed by atoms with E-state index in [1.54, 1.807) is 7.11 Å². The van der Waals surface area contributed by atoms with Crippen molar-refractivity contribution in [3.8, 4) is 0 Å². The van der Waals surface area contributed by atoms with Gasteiger partial charge in [-0.3, -0.25) is 0 Å². The summed E-state index contributed by atoms with van der Waals surface area (Å²) in [6.07, 6.45) is 7.61. The number of anilines is 1. The first-order valence-corrected chi connectivity index (χ1v) is 7.90. The fraction of sp³-hybridized carbons (Fsp3) is 0.812. The average Bonchev–Trinajstić information content (AvgIpc) is 2.79. The van der Waals surface area contributed by atoms with E-state index >= 15 is 0 Å². The molecule has 1 N–H and O–H groups in total. The van der Waals surface area contributed by atoms with Crippen LogP contribution in [0.25, 0.3) is 0 Å². The van der Waals surface area contributed by atoms with Crippen molar-refractivity contribution < 1.29 is 4.74 Å². The van der Waals surface area contributed by atoms with Crippen LogP contribution in [-0.2, 0) is 4.74 Å². The van der Waals surface area contributed by atoms with Gasteiger partial charge in [0.15, 0.2) is 0 Å². The van der Waals surface area contributed by atoms with E-state index in [1.165, 1.54) is 25.7 Å². The van der Waals surface area contributed by atoms with Crippen LogP contribution >= 0.6 is 0 Å². The van der Waals surface area contributed by atoms with Crippen LogP contribution in [0.3, 0.4) is 0 Å². The first kappa shape index (κ1) is 15.4. The topological polar surface area (TPSA) is 39.1 Å². The Morgan fingerprint density at radius 3 is 2.90 bits per heavy atom. The Kier molecular flexibility index (Phi) is 5.46. The molecule has 0 saturated heterocycles. The monoisotopic (exact) mass is 279 g/mol. The van der Waals surface area contributed by atoms with Gasteiger partial charge in [-0.15, -0.1) is 0 Å². The standard InChI is InChI=1S/C16H29N3O/c1-12-7-5-6-8-15(12)9-17-16-18-13(2)10-19(16)14(3)11-20-4/h10,12,14-15H,5-9,11H2,1-4H3,(H,17,18). The third kappa shape index (κ3) is 3.75. The molecule has 20 heavy (non-hydrogen) atoms. The van der Waals surface area contributed by atoms with Gasteiger partial charge < -0.3 is 14.6 Å². The molecule has 1 aliphatic carbocycles. The van der Waals surface area contributed by atoms with E-state index in [9.17, 15) is 0 Å². The van der Waals surface area contributed by atoms with Crippen LogP contribution in [0.5, 0.6) is 0 Å². The third-order valence-corrected chi connectivity index (χ3v) is 4.55. The molecule has 0 aromatic carbocycles. The van der Waals surface area contributed by atoms with E-state index in [0.29, 0.717) is 12.6 Å². The van der Waals surface area contributed by atoms with E-state index in [2.05, 4.69) is 34.9 Å². The number of nitrogens with one attached hydrogen (secondary N) is 1. The second-order valence-corrected chi connectivity index (χ2v) is 6.32. The molecule has 0 aliphatic heterocycles. The molecular formula is C16H29N3O. The summed E-state index contributed by atoms with van der Waals surface area (Å²) in [6.45, 7) is 8.35. The fourth-order valence-electron chi connectivity index (χ4n) is 3.22. The summed E-state index contributed by atoms with van der Waals surface area (Å²) in [5.74, 6) is 2.61. The third-order valence-electron chi connectivity index (χ3n) is 4.55. The first-order chi connectivity index (χ1) is 9.61. The Morgan fingerprint density at radius 1 is 1.45 bits per heavy atom. The van der Waals surface area contributed by atoms with Crippen molar-refractivity contribution in [1.82, 2.24) is 9.55 Å². The van der Waals surface area contributed by atoms with Crippen molar-refractivity contribution in [2.45, 2.75) is 52.5 Å². The Labute approximate surface area is 122 Å². The summed E-state index contributed by atoms with van der Waals surface area (Å²) < 4.78 is 7.46. The quantitative estimate of drug-likeness (QED) is 0.864. The van der Waals surface area contributed by atoms with Crippen molar-refractivity contribution in [3.63, 3.8) is 0 Å². The SMILES string of the molecule is COCC(C)n1cc(C)nc1NCC1CCCCC1C. The minimum Gasteiger partial charge on any atom is -0.383 e. The molecule has 1 aliphatic rings. The Bertz CT molecular complexity index is 416. The largest absolute Gasteiger partial charge is 0.383 e. The van der Waals surface area contributed by atoms with Gasteiger partial charge in [0.1, 0.15) is 0 Å². The van der Waals surface area contributed by atoms with Gasteiger partial charge in [0.05, 0.1) is 18.3 Å². The molecule has 1 saturated carbocycles. The summed E-state index contributed by atoms with van der Waals surface area (Å²) >= 11 is 0. The summed E-state index contributed by atoms with van der Waals surface area (Å²) in [5.41, 5.74) is 1.06. The van der Waals surface area contributed by atoms with Crippen LogP contribution in [0.4, 0.5) is 5.95 Å². The highest BCUT2D eigenvalue weighted by Crippen LogP contribution is 2.29. The molecule has 0 radical (unpaired) electrons. The molecule has 0 amide bonds. The lowest BCUT2D eigenvalue weighted by Gasteiger charge is -2.29. The molecule has 114 valence electrons. The molecule has 3 unspecified atom stereocenters. The van der Waals surface area contributed by atoms with Crippen LogP contribution in [-0.4, -0.2) is 29.8 Å². The molecule has 0 bridgehead atoms. The van der Waals surface area contributed by atoms with Gasteiger partial charge in [-0.05, 0) is 32.1 Å². The zero-order chi connectivity index (χ0) is 14.5. The van der Waals surface area contributed by atoms with Crippen LogP contribution in [0.1, 0.15) is 51.3 Å². The van der Waals surface area contributed by atoms with Crippen LogP contribution in [0, 0.1) is 18.8 Å². The van der Waals surface area contributed by atoms with Gasteiger partial charge in [0, 0.05) is 19.9 Å². The van der Waals surface area contributed by atoms with Gasteiger partial charge in [0.2, 0.25) is 5.95 Å². The number of imidazole rings is 1. The lowest BCUT2D eigenvalue weighted by Crippen LogP contribution is -2.26. The number of methoxy groups -OCH3 is 1. The normalized spacial score (nSPS) is 24.6. The fourth-order valence-corrected chi connectivity index (χ4v) is 3.22. The Morgan fingerprint density at radius 2 is 2.20 bits per heavy atom. The first-order valence-electron chi connectivity index (χ1n) is 7.90. The molecule has 3 atom stereocenters. The van der Waals surface area contributed by atoms with Crippen molar-refractivity contribution in [2.24, 2.45) is 11.8 Å². The predicted molar refractivity (Wildman–Crippen MR) is 83.2 cm³/mol. The number of hydrogen-bond acceptors (Lipinski definition) is 3. The van der Waals surface area contributed by atoms with Crippen molar-refractivity contribution in [2.75, 3.05) is 25.6 Å². The molecule has 4 heteroatoms. The lowest BCUT2D eigenvalue weighted by atomic mass is 9.80. The Balaban J connectivity index is 1.98. The molecule has 1 fully saturated rings. The number of nitrogens with zero attached hydrogens (tertiary/aromatic N) is 2. The number of rotatable bonds is 6. The summed E-state index contributed by atoms with van der Waals surface area (Å²) in [6, 6.07) is 0.312. The van der Waals surface area contributed by atoms with E-state index in [0.717, 1.165) is 30.0 Å². The lowest BCUT2D eigenvalue weighted by molar-refractivity contribution is 0.163. The molecule has 1 aromatic rings. The van der Waals surface area contributed by atoms with Gasteiger partial charge >= 0.3 is 0 Å². The van der Waals surface area contributed by atoms with E-state index < -0.39 is 0 Å². The second-order valence-electron chi connectivity index (χ2n) is 6.32. The van der Waals surface area contributed by atoms with Crippen molar-refractivity contribution >= 4 is 5.95 Å². The van der Waals surface area contributed by atoms with Crippen LogP contribution < -0.4 is 5.32 Å². The van der Waals surface area contributed by atoms with Crippen molar-refractivity contribution in [3.05, 3.63) is 11.9 Å². The molecule has 4 nitrogen and oxygen atoms in total. The minimum absolute atomic E-state index is 0.312. The predicted octanol–water partition coefficient (Wildman–Crippen LogP) is 3.64. The maximum Gasteiger partial charge on any atom is 0.203 e. The highest BCUT2D eigenvalue weighted by Gasteiger charge is 2.22. The van der Waals surface area contributed by atoms with Crippen molar-refractivity contribution in [1.29, 1.82) is 0 Å². The second kappa shape index (κ2) is 7.11. The highest BCUT2D eigenvalue weighted by atomic mass is 16.5. The molecule has 1 heterocycles. The smallest absolute Gasteiger partial charge is 0.203 e. The average molecular weight is 279 g/mol. The van der Waals surface area contributed by atoms with Crippen LogP contribution in [0.2, 0.25) is 0 Å². The number of aromatic nitrogens is 2. The van der Waals surface area contributed by atoms with E-state index in [4.69, 9.17) is 4.74 Å². The van der Waals surface area contributed by atoms with E-state index in [-0.39, 0.29) is 0 Å². The zero-order valence-electron chi connectivity index (χ0n) is 13.4. The summed E-state index contributed by atoms with van der Waals surface area (Å²) in [4.78, 5) is 4.62. The zero-order valence-corrected chi connectivity index (χ0v) is 13.4. The molecule has 0 spiro atoms. The summed E-state index contributed by atoms with van der Waals surface area (Å²) in [5, 5.41) is 3.57. The Hall–Kier alpha value is -1.03. The highest BCUT2D eigenvalue weighted by molar-refractivity contribution is 5.29. The maximum absolute atomic E-state index is 5.26. The van der Waals surface area contributed by atoms with Gasteiger partial charge in [0.25, 0.3) is 0 Å². The van der Waals surface area contributed by atoms with Gasteiger partial charge in [-0.25, -0.2) is 4.98 Å². The van der Waals surface area contributed by atoms with Crippen LogP contribution in [0.15, 0.2) is 6.20 Å². The molecular weight excluding hydrogens is 250 g/mol. The van der Waals surface area contributed by atoms with Gasteiger partial charge in [-0.1, -0.05) is 26.2 Å². The summed E-state index contributed by atoms with van der Waals surface area (Å²) in [7, 11) is 1.75. The van der Waals surface area contributed by atoms with E-state index in [1.807, 2.05) is 6.92 Å². The minimum atomic E-state index is 0.312. The van der Waals surface area contributed by atoms with Gasteiger partial charge in [-0.2, -0.15) is 0 Å². The number of ether oxygens (including phenoxy) is 1. The number of hydrogen-bond donors (Lipinski definition) is 1.